The van der Waals surface area contributed by atoms with E-state index in [1.54, 1.807) is 0 Å². The number of anilines is 2. The minimum Gasteiger partial charge on any atom is -0.382 e. The molecule has 5 nitrogen and oxygen atoms in total. The van der Waals surface area contributed by atoms with Crippen LogP contribution in [0.3, 0.4) is 0 Å². The lowest BCUT2D eigenvalue weighted by molar-refractivity contribution is 0.261. The fraction of sp³-hybridized carbons (Fsp3) is 0.786. The molecular formula is C14H23N3O2S2. The van der Waals surface area contributed by atoms with Crippen LogP contribution in [0.4, 0.5) is 10.8 Å². The van der Waals surface area contributed by atoms with E-state index in [4.69, 9.17) is 5.73 Å². The first-order valence-electron chi connectivity index (χ1n) is 7.65. The first-order valence-corrected chi connectivity index (χ1v) is 9.97. The molecule has 21 heavy (non-hydrogen) atoms. The molecule has 2 saturated carbocycles. The van der Waals surface area contributed by atoms with E-state index in [2.05, 4.69) is 23.5 Å². The molecule has 0 radical (unpaired) electrons. The normalized spacial score (nSPS) is 30.3. The van der Waals surface area contributed by atoms with Crippen LogP contribution in [0.2, 0.25) is 0 Å². The highest BCUT2D eigenvalue weighted by molar-refractivity contribution is 7.92. The van der Waals surface area contributed by atoms with Gasteiger partial charge in [-0.1, -0.05) is 13.8 Å². The van der Waals surface area contributed by atoms with Crippen molar-refractivity contribution >= 4 is 32.2 Å². The molecule has 0 saturated heterocycles. The highest BCUT2D eigenvalue weighted by atomic mass is 32.2. The van der Waals surface area contributed by atoms with Crippen molar-refractivity contribution in [2.75, 3.05) is 11.1 Å². The van der Waals surface area contributed by atoms with Gasteiger partial charge in [0.2, 0.25) is 0 Å². The number of hydrogen-bond acceptors (Lipinski definition) is 6. The van der Waals surface area contributed by atoms with Gasteiger partial charge in [0.05, 0.1) is 5.25 Å². The molecule has 0 aromatic carbocycles. The van der Waals surface area contributed by atoms with Crippen molar-refractivity contribution in [3.8, 4) is 0 Å². The smallest absolute Gasteiger partial charge is 0.187 e. The van der Waals surface area contributed by atoms with Crippen LogP contribution < -0.4 is 11.1 Å². The number of nitrogens with zero attached hydrogens (tertiary/aromatic N) is 1. The number of rotatable bonds is 4. The average molecular weight is 329 g/mol. The van der Waals surface area contributed by atoms with E-state index in [1.165, 1.54) is 18.0 Å². The minimum atomic E-state index is -3.30. The van der Waals surface area contributed by atoms with E-state index in [-0.39, 0.29) is 16.0 Å². The predicted octanol–water partition coefficient (Wildman–Crippen LogP) is 2.90. The lowest BCUT2D eigenvalue weighted by atomic mass is 9.79. The summed E-state index contributed by atoms with van der Waals surface area (Å²) in [5.41, 5.74) is 5.83. The van der Waals surface area contributed by atoms with Gasteiger partial charge in [-0.3, -0.25) is 0 Å². The second-order valence-electron chi connectivity index (χ2n) is 6.58. The summed E-state index contributed by atoms with van der Waals surface area (Å²) in [6.07, 6.45) is 4.82. The van der Waals surface area contributed by atoms with Gasteiger partial charge in [0.15, 0.2) is 15.7 Å². The zero-order chi connectivity index (χ0) is 15.2. The Balaban J connectivity index is 1.81. The van der Waals surface area contributed by atoms with Gasteiger partial charge in [0.1, 0.15) is 9.90 Å². The molecule has 3 unspecified atom stereocenters. The molecule has 2 aliphatic carbocycles. The van der Waals surface area contributed by atoms with Crippen molar-refractivity contribution in [3.63, 3.8) is 0 Å². The molecule has 2 fully saturated rings. The number of sulfone groups is 1. The third-order valence-corrected chi connectivity index (χ3v) is 8.11. The van der Waals surface area contributed by atoms with E-state index < -0.39 is 9.84 Å². The van der Waals surface area contributed by atoms with Crippen molar-refractivity contribution in [1.82, 2.24) is 4.37 Å². The molecular weight excluding hydrogens is 306 g/mol. The van der Waals surface area contributed by atoms with E-state index >= 15 is 0 Å². The number of aromatic nitrogens is 1. The zero-order valence-corrected chi connectivity index (χ0v) is 14.1. The number of nitrogens with one attached hydrogen (secondary N) is 1. The van der Waals surface area contributed by atoms with Crippen LogP contribution in [0, 0.1) is 11.8 Å². The third kappa shape index (κ3) is 2.90. The van der Waals surface area contributed by atoms with Crippen molar-refractivity contribution in [1.29, 1.82) is 0 Å². The van der Waals surface area contributed by atoms with Crippen LogP contribution in [0.5, 0.6) is 0 Å². The average Bonchev–Trinajstić information content (AvgIpc) is 3.20. The molecule has 0 amide bonds. The third-order valence-electron chi connectivity index (χ3n) is 4.86. The summed E-state index contributed by atoms with van der Waals surface area (Å²) >= 11 is 1.18. The standard InChI is InChI=1S/C14H23N3O2S2/c1-8-3-4-10(7-9(8)2)16-14-12(13(15)17-20-14)21(18,19)11-5-6-11/h8-11,16H,3-7H2,1-2H3,(H2,15,17). The van der Waals surface area contributed by atoms with Crippen LogP contribution in [0.25, 0.3) is 0 Å². The van der Waals surface area contributed by atoms with Crippen molar-refractivity contribution in [3.05, 3.63) is 0 Å². The maximum Gasteiger partial charge on any atom is 0.187 e. The molecule has 3 rings (SSSR count). The molecule has 3 atom stereocenters. The van der Waals surface area contributed by atoms with E-state index in [9.17, 15) is 8.42 Å². The van der Waals surface area contributed by atoms with Crippen molar-refractivity contribution in [2.24, 2.45) is 11.8 Å². The van der Waals surface area contributed by atoms with Crippen LogP contribution in [-0.4, -0.2) is 24.1 Å². The molecule has 2 aliphatic rings. The van der Waals surface area contributed by atoms with Gasteiger partial charge in [-0.05, 0) is 55.5 Å². The summed E-state index contributed by atoms with van der Waals surface area (Å²) < 4.78 is 29.1. The summed E-state index contributed by atoms with van der Waals surface area (Å²) in [5.74, 6) is 1.56. The summed E-state index contributed by atoms with van der Waals surface area (Å²) in [7, 11) is -3.30. The predicted molar refractivity (Wildman–Crippen MR) is 86.3 cm³/mol. The fourth-order valence-corrected chi connectivity index (χ4v) is 6.02. The van der Waals surface area contributed by atoms with E-state index in [0.29, 0.717) is 17.0 Å². The van der Waals surface area contributed by atoms with Gasteiger partial charge < -0.3 is 11.1 Å². The number of nitrogen functional groups attached to an aromatic ring is 1. The van der Waals surface area contributed by atoms with Gasteiger partial charge >= 0.3 is 0 Å². The van der Waals surface area contributed by atoms with Crippen LogP contribution in [0.1, 0.15) is 46.0 Å². The lowest BCUT2D eigenvalue weighted by Crippen LogP contribution is -2.30. The summed E-state index contributed by atoms with van der Waals surface area (Å²) in [5, 5.41) is 3.80. The molecule has 3 N–H and O–H groups in total. The van der Waals surface area contributed by atoms with Gasteiger partial charge in [-0.15, -0.1) is 0 Å². The summed E-state index contributed by atoms with van der Waals surface area (Å²) in [6.45, 7) is 4.55. The van der Waals surface area contributed by atoms with Gasteiger partial charge in [0, 0.05) is 6.04 Å². The highest BCUT2D eigenvalue weighted by Gasteiger charge is 2.41. The van der Waals surface area contributed by atoms with Gasteiger partial charge in [-0.25, -0.2) is 8.42 Å². The molecule has 1 aromatic rings. The molecule has 0 spiro atoms. The fourth-order valence-electron chi connectivity index (χ4n) is 3.07. The Hall–Kier alpha value is -0.820. The first-order chi connectivity index (χ1) is 9.89. The van der Waals surface area contributed by atoms with Gasteiger partial charge in [-0.2, -0.15) is 4.37 Å². The quantitative estimate of drug-likeness (QED) is 0.887. The number of hydrogen-bond donors (Lipinski definition) is 2. The van der Waals surface area contributed by atoms with Crippen LogP contribution in [0.15, 0.2) is 4.90 Å². The summed E-state index contributed by atoms with van der Waals surface area (Å²) in [6, 6.07) is 0.323. The molecule has 1 heterocycles. The Kier molecular flexibility index (Phi) is 3.90. The molecule has 118 valence electrons. The largest absolute Gasteiger partial charge is 0.382 e. The lowest BCUT2D eigenvalue weighted by Gasteiger charge is -2.32. The van der Waals surface area contributed by atoms with Crippen LogP contribution in [-0.2, 0) is 9.84 Å². The minimum absolute atomic E-state index is 0.159. The second-order valence-corrected chi connectivity index (χ2v) is 9.52. The van der Waals surface area contributed by atoms with Gasteiger partial charge in [0.25, 0.3) is 0 Å². The van der Waals surface area contributed by atoms with Crippen molar-refractivity contribution in [2.45, 2.75) is 62.1 Å². The Bertz CT molecular complexity index is 622. The monoisotopic (exact) mass is 329 g/mol. The Morgan fingerprint density at radius 2 is 1.90 bits per heavy atom. The van der Waals surface area contributed by atoms with E-state index in [1.807, 2.05) is 0 Å². The zero-order valence-electron chi connectivity index (χ0n) is 12.5. The molecule has 0 aliphatic heterocycles. The van der Waals surface area contributed by atoms with Crippen molar-refractivity contribution < 1.29 is 8.42 Å². The Labute approximate surface area is 130 Å². The molecule has 7 heteroatoms. The van der Waals surface area contributed by atoms with E-state index in [0.717, 1.165) is 31.6 Å². The first kappa shape index (κ1) is 15.1. The maximum absolute atomic E-state index is 12.5. The summed E-state index contributed by atoms with van der Waals surface area (Å²) in [4.78, 5) is 0.251. The SMILES string of the molecule is CC1CCC(Nc2snc(N)c2S(=O)(=O)C2CC2)CC1C. The topological polar surface area (TPSA) is 85.1 Å². The Morgan fingerprint density at radius 1 is 1.19 bits per heavy atom. The molecule has 1 aromatic heterocycles. The Morgan fingerprint density at radius 3 is 2.52 bits per heavy atom. The number of nitrogens with two attached hydrogens (primary N) is 1. The second kappa shape index (κ2) is 5.43. The maximum atomic E-state index is 12.5. The van der Waals surface area contributed by atoms with Crippen LogP contribution >= 0.6 is 11.5 Å². The highest BCUT2D eigenvalue weighted by Crippen LogP contribution is 2.42. The molecule has 0 bridgehead atoms.